The number of amides is 1. The smallest absolute Gasteiger partial charge is 0.297 e. The molecule has 0 aromatic heterocycles. The minimum Gasteiger partial charge on any atom is -0.420 e. The predicted molar refractivity (Wildman–Crippen MR) is 84.2 cm³/mol. The van der Waals surface area contributed by atoms with E-state index in [1.807, 2.05) is 31.2 Å². The molecule has 1 aromatic rings. The van der Waals surface area contributed by atoms with Gasteiger partial charge in [-0.25, -0.2) is 0 Å². The summed E-state index contributed by atoms with van der Waals surface area (Å²) >= 11 is 0. The van der Waals surface area contributed by atoms with Crippen LogP contribution in [0.3, 0.4) is 0 Å². The number of rotatable bonds is 5. The Morgan fingerprint density at radius 1 is 1.19 bits per heavy atom. The van der Waals surface area contributed by atoms with Crippen LogP contribution in [0.25, 0.3) is 6.08 Å². The summed E-state index contributed by atoms with van der Waals surface area (Å²) in [7, 11) is 0. The number of likely N-dealkylation sites (N-methyl/N-ethyl adjacent to an activating group) is 1. The highest BCUT2D eigenvalue weighted by Gasteiger charge is 2.32. The molecule has 0 aliphatic carbocycles. The number of nitrogens with one attached hydrogen (secondary N) is 1. The van der Waals surface area contributed by atoms with Crippen molar-refractivity contribution >= 4 is 23.7 Å². The number of hydrogen-bond donors (Lipinski definition) is 1. The van der Waals surface area contributed by atoms with E-state index in [1.165, 1.54) is 4.90 Å². The Bertz CT molecular complexity index is 559. The molecule has 1 heterocycles. The molecule has 5 nitrogen and oxygen atoms in total. The van der Waals surface area contributed by atoms with E-state index >= 15 is 0 Å². The average Bonchev–Trinajstić information content (AvgIpc) is 2.76. The summed E-state index contributed by atoms with van der Waals surface area (Å²) in [6.45, 7) is 8.42. The maximum absolute atomic E-state index is 12.0. The third kappa shape index (κ3) is 3.07. The summed E-state index contributed by atoms with van der Waals surface area (Å²) in [4.78, 5) is 15.6. The molecule has 1 aliphatic heterocycles. The number of ether oxygens (including phenoxy) is 1. The van der Waals surface area contributed by atoms with Gasteiger partial charge in [-0.15, -0.1) is 0 Å². The van der Waals surface area contributed by atoms with Gasteiger partial charge in [0, 0.05) is 25.3 Å². The third-order valence-corrected chi connectivity index (χ3v) is 3.54. The minimum atomic E-state index is -0.254. The van der Waals surface area contributed by atoms with Crippen LogP contribution in [0.15, 0.2) is 30.0 Å². The first-order valence-corrected chi connectivity index (χ1v) is 7.25. The van der Waals surface area contributed by atoms with Crippen molar-refractivity contribution in [1.29, 1.82) is 5.41 Å². The van der Waals surface area contributed by atoms with Gasteiger partial charge < -0.3 is 9.64 Å². The topological polar surface area (TPSA) is 56.6 Å². The first-order valence-electron chi connectivity index (χ1n) is 7.25. The summed E-state index contributed by atoms with van der Waals surface area (Å²) in [5, 5.41) is 7.61. The lowest BCUT2D eigenvalue weighted by Crippen LogP contribution is -2.28. The van der Waals surface area contributed by atoms with Gasteiger partial charge in [0.25, 0.3) is 11.9 Å². The highest BCUT2D eigenvalue weighted by atomic mass is 16.5. The molecule has 1 N–H and O–H groups in total. The van der Waals surface area contributed by atoms with E-state index < -0.39 is 0 Å². The van der Waals surface area contributed by atoms with Crippen LogP contribution in [0.5, 0.6) is 0 Å². The Balaban J connectivity index is 2.19. The highest BCUT2D eigenvalue weighted by molar-refractivity contribution is 6.10. The second kappa shape index (κ2) is 6.43. The van der Waals surface area contributed by atoms with E-state index in [0.717, 1.165) is 24.3 Å². The van der Waals surface area contributed by atoms with Crippen LogP contribution in [0.4, 0.5) is 5.69 Å². The van der Waals surface area contributed by atoms with Gasteiger partial charge in [0.2, 0.25) is 0 Å². The number of carbonyl (C=O) groups excluding carboxylic acids is 1. The van der Waals surface area contributed by atoms with Crippen molar-refractivity contribution in [2.24, 2.45) is 0 Å². The first-order chi connectivity index (χ1) is 10.1. The molecule has 112 valence electrons. The summed E-state index contributed by atoms with van der Waals surface area (Å²) in [5.74, 6) is -0.0484. The van der Waals surface area contributed by atoms with Gasteiger partial charge in [-0.3, -0.25) is 15.1 Å². The lowest BCUT2D eigenvalue weighted by Gasteiger charge is -2.20. The van der Waals surface area contributed by atoms with Gasteiger partial charge in [0.15, 0.2) is 5.76 Å². The van der Waals surface area contributed by atoms with Crippen LogP contribution in [0, 0.1) is 5.41 Å². The molecule has 0 bridgehead atoms. The molecular weight excluding hydrogens is 266 g/mol. The molecule has 0 radical (unpaired) electrons. The van der Waals surface area contributed by atoms with Crippen LogP contribution < -0.4 is 4.90 Å². The lowest BCUT2D eigenvalue weighted by atomic mass is 10.1. The first kappa shape index (κ1) is 15.1. The van der Waals surface area contributed by atoms with Crippen molar-refractivity contribution in [2.75, 3.05) is 24.5 Å². The van der Waals surface area contributed by atoms with Gasteiger partial charge in [0.05, 0.1) is 0 Å². The second-order valence-electron chi connectivity index (χ2n) is 4.73. The Hall–Kier alpha value is -2.30. The van der Waals surface area contributed by atoms with Gasteiger partial charge in [-0.1, -0.05) is 12.1 Å². The van der Waals surface area contributed by atoms with Crippen molar-refractivity contribution in [3.05, 3.63) is 35.6 Å². The molecule has 5 heteroatoms. The van der Waals surface area contributed by atoms with Gasteiger partial charge >= 0.3 is 0 Å². The fraction of sp³-hybridized carbons (Fsp3) is 0.375. The maximum atomic E-state index is 12.0. The second-order valence-corrected chi connectivity index (χ2v) is 4.73. The monoisotopic (exact) mass is 287 g/mol. The quantitative estimate of drug-likeness (QED) is 0.847. The molecule has 1 amide bonds. The molecule has 1 fully saturated rings. The zero-order chi connectivity index (χ0) is 15.4. The predicted octanol–water partition coefficient (Wildman–Crippen LogP) is 2.69. The molecule has 0 atom stereocenters. The van der Waals surface area contributed by atoms with E-state index in [4.69, 9.17) is 10.1 Å². The molecule has 0 saturated carbocycles. The average molecular weight is 287 g/mol. The minimum absolute atomic E-state index is 0.103. The van der Waals surface area contributed by atoms with Crippen molar-refractivity contribution in [1.82, 2.24) is 4.90 Å². The Kier molecular flexibility index (Phi) is 4.62. The fourth-order valence-corrected chi connectivity index (χ4v) is 2.33. The fourth-order valence-electron chi connectivity index (χ4n) is 2.33. The van der Waals surface area contributed by atoms with E-state index in [9.17, 15) is 4.79 Å². The zero-order valence-electron chi connectivity index (χ0n) is 12.7. The van der Waals surface area contributed by atoms with Gasteiger partial charge in [-0.2, -0.15) is 0 Å². The van der Waals surface area contributed by atoms with E-state index in [0.29, 0.717) is 6.54 Å². The van der Waals surface area contributed by atoms with Crippen molar-refractivity contribution in [2.45, 2.75) is 20.8 Å². The number of carbonyl (C=O) groups is 1. The summed E-state index contributed by atoms with van der Waals surface area (Å²) in [6, 6.07) is 7.86. The Labute approximate surface area is 125 Å². The van der Waals surface area contributed by atoms with Crippen LogP contribution >= 0.6 is 0 Å². The number of amidine groups is 1. The van der Waals surface area contributed by atoms with Crippen molar-refractivity contribution in [3.8, 4) is 0 Å². The number of anilines is 1. The normalized spacial score (nSPS) is 16.5. The molecule has 1 aliphatic rings. The molecule has 0 spiro atoms. The van der Waals surface area contributed by atoms with Crippen LogP contribution in [-0.2, 0) is 9.53 Å². The van der Waals surface area contributed by atoms with Crippen molar-refractivity contribution < 1.29 is 9.53 Å². The Morgan fingerprint density at radius 2 is 1.81 bits per heavy atom. The third-order valence-electron chi connectivity index (χ3n) is 3.54. The summed E-state index contributed by atoms with van der Waals surface area (Å²) in [5.41, 5.74) is 2.05. The SMILES string of the molecule is CCN1C(=N)O/C(=C/c2ccc(N(CC)CC)cc2)C1=O. The van der Waals surface area contributed by atoms with Crippen LogP contribution in [0.2, 0.25) is 0 Å². The number of nitrogens with zero attached hydrogens (tertiary/aromatic N) is 2. The van der Waals surface area contributed by atoms with Gasteiger partial charge in [0.1, 0.15) is 0 Å². The lowest BCUT2D eigenvalue weighted by molar-refractivity contribution is -0.122. The molecule has 0 unspecified atom stereocenters. The van der Waals surface area contributed by atoms with E-state index in [2.05, 4.69) is 18.7 Å². The van der Waals surface area contributed by atoms with E-state index in [1.54, 1.807) is 6.08 Å². The standard InChI is InChI=1S/C16H21N3O2/c1-4-18(5-2)13-9-7-12(8-10-13)11-14-15(20)19(6-3)16(17)21-14/h7-11,17H,4-6H2,1-3H3/b14-11+,17-16?. The number of benzene rings is 1. The molecule has 21 heavy (non-hydrogen) atoms. The molecule has 1 aromatic carbocycles. The molecular formula is C16H21N3O2. The molecule has 1 saturated heterocycles. The van der Waals surface area contributed by atoms with E-state index in [-0.39, 0.29) is 17.7 Å². The number of hydrogen-bond acceptors (Lipinski definition) is 4. The van der Waals surface area contributed by atoms with Gasteiger partial charge in [-0.05, 0) is 44.5 Å². The summed E-state index contributed by atoms with van der Waals surface area (Å²) in [6.07, 6.45) is 1.68. The summed E-state index contributed by atoms with van der Waals surface area (Å²) < 4.78 is 5.21. The van der Waals surface area contributed by atoms with Crippen LogP contribution in [0.1, 0.15) is 26.3 Å². The Morgan fingerprint density at radius 3 is 2.29 bits per heavy atom. The van der Waals surface area contributed by atoms with Crippen LogP contribution in [-0.4, -0.2) is 36.5 Å². The highest BCUT2D eigenvalue weighted by Crippen LogP contribution is 2.21. The van der Waals surface area contributed by atoms with Crippen molar-refractivity contribution in [3.63, 3.8) is 0 Å². The maximum Gasteiger partial charge on any atom is 0.297 e. The zero-order valence-corrected chi connectivity index (χ0v) is 12.7. The molecule has 2 rings (SSSR count). The largest absolute Gasteiger partial charge is 0.420 e.